The molecule has 18 heteroatoms. The average Bonchev–Trinajstić information content (AvgIpc) is 2.71. The molecule has 0 atom stereocenters. The number of halogens is 13. The first-order valence-corrected chi connectivity index (χ1v) is 8.14. The number of ether oxygens (including phenoxy) is 2. The van der Waals surface area contributed by atoms with Gasteiger partial charge in [-0.25, -0.2) is 5.43 Å². The van der Waals surface area contributed by atoms with Gasteiger partial charge in [0.2, 0.25) is 0 Å². The quantitative estimate of drug-likeness (QED) is 0.283. The number of hydrogen-bond donors (Lipinski definition) is 1. The van der Waals surface area contributed by atoms with Crippen LogP contribution in [0.4, 0.5) is 57.1 Å². The number of rotatable bonds is 9. The van der Waals surface area contributed by atoms with E-state index < -0.39 is 41.7 Å². The molecule has 0 radical (unpaired) electrons. The van der Waals surface area contributed by atoms with Crippen LogP contribution in [0.1, 0.15) is 5.56 Å². The molecule has 0 saturated carbocycles. The summed E-state index contributed by atoms with van der Waals surface area (Å²) in [5.74, 6) is -42.2. The lowest BCUT2D eigenvalue weighted by Gasteiger charge is -2.38. The van der Waals surface area contributed by atoms with E-state index in [9.17, 15) is 61.9 Å². The molecule has 1 aromatic rings. The first kappa shape index (κ1) is 29.1. The van der Waals surface area contributed by atoms with Gasteiger partial charge >= 0.3 is 41.7 Å². The minimum atomic E-state index is -8.10. The highest BCUT2D eigenvalue weighted by molar-refractivity contribution is 5.87. The van der Waals surface area contributed by atoms with Crippen LogP contribution in [0.2, 0.25) is 0 Å². The highest BCUT2D eigenvalue weighted by Crippen LogP contribution is 2.60. The summed E-state index contributed by atoms with van der Waals surface area (Å²) >= 11 is 0. The van der Waals surface area contributed by atoms with Crippen molar-refractivity contribution in [1.82, 2.24) is 5.43 Å². The molecule has 0 aromatic heterocycles. The van der Waals surface area contributed by atoms with Crippen LogP contribution >= 0.6 is 0 Å². The van der Waals surface area contributed by atoms with Crippen molar-refractivity contribution in [2.24, 2.45) is 5.10 Å². The Balaban J connectivity index is 3.24. The molecule has 1 rings (SSSR count). The third kappa shape index (κ3) is 4.53. The molecule has 0 saturated heterocycles. The van der Waals surface area contributed by atoms with Crippen LogP contribution in [0.15, 0.2) is 23.3 Å². The number of methoxy groups -OCH3 is 2. The van der Waals surface area contributed by atoms with Crippen molar-refractivity contribution >= 4 is 12.1 Å². The van der Waals surface area contributed by atoms with E-state index in [0.717, 1.165) is 19.2 Å². The molecule has 0 aliphatic heterocycles. The largest absolute Gasteiger partial charge is 0.493 e. The van der Waals surface area contributed by atoms with Crippen molar-refractivity contribution in [2.75, 3.05) is 14.2 Å². The van der Waals surface area contributed by atoms with Gasteiger partial charge in [0.05, 0.1) is 20.4 Å². The molecular formula is C16H11F13N2O3. The summed E-state index contributed by atoms with van der Waals surface area (Å²) in [4.78, 5) is 11.3. The van der Waals surface area contributed by atoms with Gasteiger partial charge in [-0.05, 0) is 23.8 Å². The smallest absolute Gasteiger partial charge is 0.460 e. The van der Waals surface area contributed by atoms with E-state index in [0.29, 0.717) is 11.6 Å². The predicted molar refractivity (Wildman–Crippen MR) is 86.1 cm³/mol. The third-order valence-corrected chi connectivity index (χ3v) is 4.01. The monoisotopic (exact) mass is 526 g/mol. The number of nitrogens with zero attached hydrogens (tertiary/aromatic N) is 1. The van der Waals surface area contributed by atoms with E-state index in [4.69, 9.17) is 9.47 Å². The van der Waals surface area contributed by atoms with E-state index >= 15 is 0 Å². The molecule has 0 spiro atoms. The zero-order valence-corrected chi connectivity index (χ0v) is 16.4. The normalized spacial score (nSPS) is 14.3. The number of carbonyl (C=O) groups is 1. The van der Waals surface area contributed by atoms with Crippen LogP contribution in [-0.2, 0) is 4.79 Å². The van der Waals surface area contributed by atoms with Gasteiger partial charge in [0.1, 0.15) is 0 Å². The number of alkyl halides is 13. The molecule has 0 fully saturated rings. The van der Waals surface area contributed by atoms with Gasteiger partial charge in [0, 0.05) is 0 Å². The molecular weight excluding hydrogens is 515 g/mol. The summed E-state index contributed by atoms with van der Waals surface area (Å²) in [6.07, 6.45) is -7.10. The fourth-order valence-corrected chi connectivity index (χ4v) is 2.08. The van der Waals surface area contributed by atoms with E-state index in [2.05, 4.69) is 5.10 Å². The maximum Gasteiger partial charge on any atom is 0.460 e. The molecule has 0 aliphatic rings. The molecule has 0 unspecified atom stereocenters. The first-order valence-electron chi connectivity index (χ1n) is 8.14. The van der Waals surface area contributed by atoms with Crippen molar-refractivity contribution in [3.05, 3.63) is 23.8 Å². The minimum Gasteiger partial charge on any atom is -0.493 e. The van der Waals surface area contributed by atoms with Crippen molar-refractivity contribution in [2.45, 2.75) is 35.8 Å². The lowest BCUT2D eigenvalue weighted by atomic mass is 9.93. The van der Waals surface area contributed by atoms with E-state index in [1.165, 1.54) is 13.2 Å². The maximum absolute atomic E-state index is 13.6. The molecule has 5 nitrogen and oxygen atoms in total. The summed E-state index contributed by atoms with van der Waals surface area (Å²) < 4.78 is 179. The molecule has 194 valence electrons. The standard InChI is InChI=1S/C16H11F13N2O3/c1-33-8-4-3-7(5-9(8)34-2)6-30-31-10(32)11(17,18)12(19,20)13(21,22)14(23,24)15(25,26)16(27,28)29/h3-6H,1-2H3,(H,31,32)/b30-6+. The Morgan fingerprint density at radius 1 is 0.765 bits per heavy atom. The van der Waals surface area contributed by atoms with Gasteiger partial charge in [0.25, 0.3) is 0 Å². The van der Waals surface area contributed by atoms with Crippen LogP contribution in [0, 0.1) is 0 Å². The molecule has 1 N–H and O–H groups in total. The second-order valence-electron chi connectivity index (χ2n) is 6.18. The summed E-state index contributed by atoms with van der Waals surface area (Å²) in [7, 11) is 2.37. The second kappa shape index (κ2) is 9.01. The van der Waals surface area contributed by atoms with Crippen molar-refractivity contribution < 1.29 is 71.3 Å². The molecule has 0 bridgehead atoms. The lowest BCUT2D eigenvalue weighted by molar-refractivity contribution is -0.436. The lowest BCUT2D eigenvalue weighted by Crippen LogP contribution is -2.71. The number of amides is 1. The molecule has 0 heterocycles. The first-order chi connectivity index (χ1) is 15.1. The molecule has 0 aliphatic carbocycles. The zero-order chi connectivity index (χ0) is 27.0. The molecule has 34 heavy (non-hydrogen) atoms. The highest BCUT2D eigenvalue weighted by Gasteiger charge is 2.91. The third-order valence-electron chi connectivity index (χ3n) is 4.01. The number of hydrogen-bond acceptors (Lipinski definition) is 4. The maximum atomic E-state index is 13.6. The Kier molecular flexibility index (Phi) is 7.71. The van der Waals surface area contributed by atoms with Gasteiger partial charge in [-0.1, -0.05) is 0 Å². The minimum absolute atomic E-state index is 0.00195. The van der Waals surface area contributed by atoms with Gasteiger partial charge in [-0.15, -0.1) is 0 Å². The number of hydrazone groups is 1. The summed E-state index contributed by atoms with van der Waals surface area (Å²) in [6, 6.07) is 3.40. The molecule has 1 amide bonds. The Labute approximate surface area is 180 Å². The van der Waals surface area contributed by atoms with Gasteiger partial charge < -0.3 is 9.47 Å². The number of carbonyl (C=O) groups excluding carboxylic acids is 1. The van der Waals surface area contributed by atoms with Gasteiger partial charge in [0.15, 0.2) is 11.5 Å². The Morgan fingerprint density at radius 2 is 1.24 bits per heavy atom. The molecule has 1 aromatic carbocycles. The van der Waals surface area contributed by atoms with Crippen molar-refractivity contribution in [1.29, 1.82) is 0 Å². The van der Waals surface area contributed by atoms with Crippen LogP contribution in [0.25, 0.3) is 0 Å². The van der Waals surface area contributed by atoms with Crippen LogP contribution in [-0.4, -0.2) is 62.1 Å². The topological polar surface area (TPSA) is 59.9 Å². The Hall–Kier alpha value is -2.95. The predicted octanol–water partition coefficient (Wildman–Crippen LogP) is 4.89. The van der Waals surface area contributed by atoms with Crippen LogP contribution in [0.5, 0.6) is 11.5 Å². The van der Waals surface area contributed by atoms with Crippen LogP contribution < -0.4 is 14.9 Å². The summed E-state index contributed by atoms with van der Waals surface area (Å²) in [5, 5.41) is 2.69. The van der Waals surface area contributed by atoms with E-state index in [1.54, 1.807) is 0 Å². The summed E-state index contributed by atoms with van der Waals surface area (Å²) in [6.45, 7) is 0. The number of benzene rings is 1. The van der Waals surface area contributed by atoms with Crippen LogP contribution in [0.3, 0.4) is 0 Å². The average molecular weight is 526 g/mol. The van der Waals surface area contributed by atoms with Crippen molar-refractivity contribution in [3.8, 4) is 11.5 Å². The van der Waals surface area contributed by atoms with Gasteiger partial charge in [-0.3, -0.25) is 4.79 Å². The van der Waals surface area contributed by atoms with Gasteiger partial charge in [-0.2, -0.15) is 62.2 Å². The number of nitrogens with one attached hydrogen (secondary N) is 1. The zero-order valence-electron chi connectivity index (χ0n) is 16.4. The Bertz CT molecular complexity index is 929. The summed E-state index contributed by atoms with van der Waals surface area (Å²) in [5.41, 5.74) is 0.461. The SMILES string of the molecule is COc1ccc(/C=N/NC(=O)C(F)(F)C(F)(F)C(F)(F)C(F)(F)C(F)(F)C(F)(F)F)cc1OC. The Morgan fingerprint density at radius 3 is 1.68 bits per heavy atom. The highest BCUT2D eigenvalue weighted by atomic mass is 19.4. The second-order valence-corrected chi connectivity index (χ2v) is 6.18. The van der Waals surface area contributed by atoms with E-state index in [-0.39, 0.29) is 17.1 Å². The van der Waals surface area contributed by atoms with E-state index in [1.807, 2.05) is 0 Å². The van der Waals surface area contributed by atoms with Crippen molar-refractivity contribution in [3.63, 3.8) is 0 Å². The fourth-order valence-electron chi connectivity index (χ4n) is 2.08. The fraction of sp³-hybridized carbons (Fsp3) is 0.500.